The lowest BCUT2D eigenvalue weighted by Gasteiger charge is -2.07. The van der Waals surface area contributed by atoms with Crippen molar-refractivity contribution in [2.45, 2.75) is 4.90 Å². The Hall–Kier alpha value is -2.12. The molecule has 0 radical (unpaired) electrons. The molecule has 0 atom stereocenters. The van der Waals surface area contributed by atoms with Crippen LogP contribution in [0.5, 0.6) is 0 Å². The molecule has 2 heterocycles. The lowest BCUT2D eigenvalue weighted by atomic mass is 10.2. The second-order valence-corrected chi connectivity index (χ2v) is 10.1. The molecule has 8 heteroatoms. The van der Waals surface area contributed by atoms with E-state index in [1.165, 1.54) is 6.26 Å². The highest BCUT2D eigenvalue weighted by atomic mass is 35.5. The first kappa shape index (κ1) is 19.2. The highest BCUT2D eigenvalue weighted by Crippen LogP contribution is 2.36. The third-order valence-corrected chi connectivity index (χ3v) is 7.20. The van der Waals surface area contributed by atoms with Crippen molar-refractivity contribution < 1.29 is 8.42 Å². The van der Waals surface area contributed by atoms with Gasteiger partial charge in [0.15, 0.2) is 9.84 Å². The summed E-state index contributed by atoms with van der Waals surface area (Å²) in [6.07, 6.45) is 2.93. The fourth-order valence-electron chi connectivity index (χ4n) is 2.82. The van der Waals surface area contributed by atoms with Crippen molar-refractivity contribution >= 4 is 44.4 Å². The minimum Gasteiger partial charge on any atom is -0.232 e. The zero-order valence-electron chi connectivity index (χ0n) is 14.6. The molecule has 142 valence electrons. The van der Waals surface area contributed by atoms with Crippen LogP contribution in [-0.2, 0) is 9.84 Å². The standard InChI is InChI=1S/C20H14Cl2N2O2S2/c1-28(25,26)15-4-2-3-13(11-15)19-7-8-20(27-19)18-9-10-23-24(18)14-5-6-16(21)17(22)12-14/h2-12H,1H3. The third-order valence-electron chi connectivity index (χ3n) is 4.20. The Morgan fingerprint density at radius 2 is 1.71 bits per heavy atom. The van der Waals surface area contributed by atoms with Crippen molar-refractivity contribution in [3.05, 3.63) is 76.9 Å². The number of hydrogen-bond acceptors (Lipinski definition) is 4. The number of halogens is 2. The number of rotatable bonds is 4. The summed E-state index contributed by atoms with van der Waals surface area (Å²) in [5.74, 6) is 0. The van der Waals surface area contributed by atoms with Gasteiger partial charge >= 0.3 is 0 Å². The zero-order chi connectivity index (χ0) is 19.9. The maximum atomic E-state index is 11.8. The summed E-state index contributed by atoms with van der Waals surface area (Å²) < 4.78 is 25.5. The van der Waals surface area contributed by atoms with Gasteiger partial charge in [0.2, 0.25) is 0 Å². The van der Waals surface area contributed by atoms with Crippen molar-refractivity contribution in [3.8, 4) is 26.7 Å². The Labute approximate surface area is 176 Å². The predicted molar refractivity (Wildman–Crippen MR) is 115 cm³/mol. The van der Waals surface area contributed by atoms with Crippen molar-refractivity contribution in [1.29, 1.82) is 0 Å². The van der Waals surface area contributed by atoms with Crippen LogP contribution < -0.4 is 0 Å². The highest BCUT2D eigenvalue weighted by molar-refractivity contribution is 7.90. The van der Waals surface area contributed by atoms with Crippen LogP contribution in [0.4, 0.5) is 0 Å². The molecule has 4 aromatic rings. The largest absolute Gasteiger partial charge is 0.232 e. The van der Waals surface area contributed by atoms with Gasteiger partial charge in [-0.25, -0.2) is 13.1 Å². The van der Waals surface area contributed by atoms with Gasteiger partial charge in [0.25, 0.3) is 0 Å². The summed E-state index contributed by atoms with van der Waals surface area (Å²) in [6.45, 7) is 0. The molecule has 0 spiro atoms. The number of nitrogens with zero attached hydrogens (tertiary/aromatic N) is 2. The number of benzene rings is 2. The lowest BCUT2D eigenvalue weighted by molar-refractivity contribution is 0.602. The minimum atomic E-state index is -3.25. The van der Waals surface area contributed by atoms with Crippen LogP contribution in [0.2, 0.25) is 10.0 Å². The highest BCUT2D eigenvalue weighted by Gasteiger charge is 2.13. The monoisotopic (exact) mass is 448 g/mol. The van der Waals surface area contributed by atoms with Gasteiger partial charge in [-0.1, -0.05) is 35.3 Å². The average Bonchev–Trinajstić information content (AvgIpc) is 3.32. The zero-order valence-corrected chi connectivity index (χ0v) is 17.8. The predicted octanol–water partition coefficient (Wildman–Crippen LogP) is 5.98. The Morgan fingerprint density at radius 3 is 2.46 bits per heavy atom. The molecule has 0 saturated heterocycles. The molecule has 2 aromatic carbocycles. The van der Waals surface area contributed by atoms with Gasteiger partial charge in [0.05, 0.1) is 37.4 Å². The molecule has 0 aliphatic carbocycles. The molecule has 0 saturated carbocycles. The summed E-state index contributed by atoms with van der Waals surface area (Å²) in [7, 11) is -3.25. The number of sulfone groups is 1. The summed E-state index contributed by atoms with van der Waals surface area (Å²) in [4.78, 5) is 2.28. The lowest BCUT2D eigenvalue weighted by Crippen LogP contribution is -1.97. The van der Waals surface area contributed by atoms with Gasteiger partial charge in [-0.05, 0) is 54.1 Å². The van der Waals surface area contributed by atoms with Gasteiger partial charge in [-0.3, -0.25) is 0 Å². The van der Waals surface area contributed by atoms with E-state index in [0.29, 0.717) is 14.9 Å². The van der Waals surface area contributed by atoms with Crippen molar-refractivity contribution in [2.75, 3.05) is 6.26 Å². The molecular formula is C20H14Cl2N2O2S2. The van der Waals surface area contributed by atoms with Crippen molar-refractivity contribution in [1.82, 2.24) is 9.78 Å². The SMILES string of the molecule is CS(=O)(=O)c1cccc(-c2ccc(-c3ccnn3-c3ccc(Cl)c(Cl)c3)s2)c1. The van der Waals surface area contributed by atoms with Gasteiger partial charge < -0.3 is 0 Å². The van der Waals surface area contributed by atoms with Gasteiger partial charge in [0, 0.05) is 11.1 Å². The van der Waals surface area contributed by atoms with Crippen LogP contribution in [0, 0.1) is 0 Å². The normalized spacial score (nSPS) is 11.7. The molecule has 0 bridgehead atoms. The van der Waals surface area contributed by atoms with Crippen LogP contribution >= 0.6 is 34.5 Å². The third kappa shape index (κ3) is 3.73. The smallest absolute Gasteiger partial charge is 0.175 e. The van der Waals surface area contributed by atoms with E-state index < -0.39 is 9.84 Å². The summed E-state index contributed by atoms with van der Waals surface area (Å²) in [5.41, 5.74) is 2.58. The first-order chi connectivity index (χ1) is 13.3. The van der Waals surface area contributed by atoms with E-state index in [2.05, 4.69) is 5.10 Å². The van der Waals surface area contributed by atoms with E-state index >= 15 is 0 Å². The second kappa shape index (κ2) is 7.37. The summed E-state index contributed by atoms with van der Waals surface area (Å²) >= 11 is 13.7. The molecule has 4 nitrogen and oxygen atoms in total. The average molecular weight is 449 g/mol. The molecule has 0 amide bonds. The fourth-order valence-corrected chi connectivity index (χ4v) is 4.80. The molecule has 4 rings (SSSR count). The van der Waals surface area contributed by atoms with Crippen LogP contribution in [0.25, 0.3) is 26.7 Å². The summed E-state index contributed by atoms with van der Waals surface area (Å²) in [6, 6.07) is 18.2. The van der Waals surface area contributed by atoms with Crippen LogP contribution in [-0.4, -0.2) is 24.5 Å². The second-order valence-electron chi connectivity index (χ2n) is 6.19. The minimum absolute atomic E-state index is 0.306. The first-order valence-corrected chi connectivity index (χ1v) is 11.7. The van der Waals surface area contributed by atoms with E-state index in [1.807, 2.05) is 30.3 Å². The van der Waals surface area contributed by atoms with Gasteiger partial charge in [0.1, 0.15) is 0 Å². The quantitative estimate of drug-likeness (QED) is 0.385. The van der Waals surface area contributed by atoms with E-state index in [9.17, 15) is 8.42 Å². The molecule has 0 aliphatic rings. The molecule has 0 fully saturated rings. The maximum absolute atomic E-state index is 11.8. The molecule has 0 unspecified atom stereocenters. The molecule has 28 heavy (non-hydrogen) atoms. The Balaban J connectivity index is 1.74. The molecule has 0 N–H and O–H groups in total. The topological polar surface area (TPSA) is 52.0 Å². The Morgan fingerprint density at radius 1 is 0.929 bits per heavy atom. The Bertz CT molecular complexity index is 1280. The van der Waals surface area contributed by atoms with E-state index in [0.717, 1.165) is 26.7 Å². The van der Waals surface area contributed by atoms with Crippen LogP contribution in [0.3, 0.4) is 0 Å². The first-order valence-electron chi connectivity index (χ1n) is 8.23. The fraction of sp³-hybridized carbons (Fsp3) is 0.0500. The maximum Gasteiger partial charge on any atom is 0.175 e. The van der Waals surface area contributed by atoms with Gasteiger partial charge in [-0.15, -0.1) is 11.3 Å². The number of hydrogen-bond donors (Lipinski definition) is 0. The van der Waals surface area contributed by atoms with E-state index in [-0.39, 0.29) is 0 Å². The van der Waals surface area contributed by atoms with Crippen LogP contribution in [0.1, 0.15) is 0 Å². The van der Waals surface area contributed by atoms with E-state index in [1.54, 1.807) is 52.5 Å². The molecular weight excluding hydrogens is 435 g/mol. The van der Waals surface area contributed by atoms with Crippen LogP contribution in [0.15, 0.2) is 71.8 Å². The van der Waals surface area contributed by atoms with E-state index in [4.69, 9.17) is 23.2 Å². The number of thiophene rings is 1. The number of aromatic nitrogens is 2. The summed E-state index contributed by atoms with van der Waals surface area (Å²) in [5, 5.41) is 5.36. The van der Waals surface area contributed by atoms with Gasteiger partial charge in [-0.2, -0.15) is 5.10 Å². The molecule has 0 aliphatic heterocycles. The Kier molecular flexibility index (Phi) is 5.05. The molecule has 2 aromatic heterocycles. The van der Waals surface area contributed by atoms with Crippen molar-refractivity contribution in [3.63, 3.8) is 0 Å². The van der Waals surface area contributed by atoms with Crippen molar-refractivity contribution in [2.24, 2.45) is 0 Å².